The summed E-state index contributed by atoms with van der Waals surface area (Å²) in [6.45, 7) is 10.0. The molecule has 2 heterocycles. The van der Waals surface area contributed by atoms with E-state index in [4.69, 9.17) is 9.47 Å². The Morgan fingerprint density at radius 3 is 2.83 bits per heavy atom. The fraction of sp³-hybridized carbons (Fsp3) is 0.409. The Morgan fingerprint density at radius 2 is 2.14 bits per heavy atom. The fourth-order valence-corrected chi connectivity index (χ4v) is 4.04. The van der Waals surface area contributed by atoms with Crippen molar-refractivity contribution < 1.29 is 14.3 Å². The smallest absolute Gasteiger partial charge is 0.321 e. The molecule has 3 rings (SSSR count). The third kappa shape index (κ3) is 6.32. The molecule has 0 spiro atoms. The summed E-state index contributed by atoms with van der Waals surface area (Å²) in [6, 6.07) is 11.6. The van der Waals surface area contributed by atoms with Crippen LogP contribution in [0.1, 0.15) is 17.8 Å². The summed E-state index contributed by atoms with van der Waals surface area (Å²) in [5.74, 6) is 0.707. The van der Waals surface area contributed by atoms with E-state index in [0.717, 1.165) is 31.9 Å². The third-order valence-corrected chi connectivity index (χ3v) is 5.70. The summed E-state index contributed by atoms with van der Waals surface area (Å²) >= 11 is 1.73. The van der Waals surface area contributed by atoms with Gasteiger partial charge in [-0.1, -0.05) is 18.7 Å². The van der Waals surface area contributed by atoms with E-state index in [9.17, 15) is 4.79 Å². The van der Waals surface area contributed by atoms with Crippen LogP contribution in [-0.4, -0.2) is 62.3 Å². The second-order valence-corrected chi connectivity index (χ2v) is 8.24. The van der Waals surface area contributed by atoms with Gasteiger partial charge in [-0.3, -0.25) is 4.90 Å². The summed E-state index contributed by atoms with van der Waals surface area (Å²) in [6.07, 6.45) is 0. The second kappa shape index (κ2) is 10.4. The van der Waals surface area contributed by atoms with E-state index < -0.39 is 0 Å². The van der Waals surface area contributed by atoms with Gasteiger partial charge in [-0.05, 0) is 36.1 Å². The number of hydrogen-bond acceptors (Lipinski definition) is 5. The van der Waals surface area contributed by atoms with Crippen LogP contribution in [0.2, 0.25) is 0 Å². The van der Waals surface area contributed by atoms with Crippen molar-refractivity contribution >= 4 is 23.1 Å². The van der Waals surface area contributed by atoms with Gasteiger partial charge in [0.25, 0.3) is 0 Å². The van der Waals surface area contributed by atoms with Crippen LogP contribution in [-0.2, 0) is 4.74 Å². The highest BCUT2D eigenvalue weighted by molar-refractivity contribution is 7.10. The van der Waals surface area contributed by atoms with Gasteiger partial charge in [-0.25, -0.2) is 4.79 Å². The van der Waals surface area contributed by atoms with Crippen molar-refractivity contribution in [2.75, 3.05) is 51.8 Å². The summed E-state index contributed by atoms with van der Waals surface area (Å²) in [7, 11) is 1.83. The SMILES string of the molecule is C=C(C)COc1cccc(NC(=O)N(C)CC(c2cccs2)N2CCOCC2)c1. The van der Waals surface area contributed by atoms with Crippen LogP contribution in [0.3, 0.4) is 0 Å². The standard InChI is InChI=1S/C22H29N3O3S/c1-17(2)16-28-19-7-4-6-18(14-19)23-22(26)24(3)15-20(21-8-5-13-29-21)25-9-11-27-12-10-25/h4-8,13-14,20H,1,9-12,15-16H2,2-3H3,(H,23,26). The van der Waals surface area contributed by atoms with E-state index in [1.54, 1.807) is 16.2 Å². The molecule has 2 aromatic rings. The van der Waals surface area contributed by atoms with E-state index in [-0.39, 0.29) is 12.1 Å². The number of morpholine rings is 1. The zero-order valence-electron chi connectivity index (χ0n) is 17.1. The lowest BCUT2D eigenvalue weighted by Gasteiger charge is -2.36. The molecule has 156 valence electrons. The highest BCUT2D eigenvalue weighted by atomic mass is 32.1. The Labute approximate surface area is 176 Å². The minimum atomic E-state index is -0.142. The molecule has 7 heteroatoms. The van der Waals surface area contributed by atoms with Crippen LogP contribution in [0, 0.1) is 0 Å². The number of anilines is 1. The molecule has 1 fully saturated rings. The maximum atomic E-state index is 12.8. The summed E-state index contributed by atoms with van der Waals surface area (Å²) in [5, 5.41) is 5.05. The number of nitrogens with zero attached hydrogens (tertiary/aromatic N) is 2. The van der Waals surface area contributed by atoms with E-state index in [2.05, 4.69) is 34.3 Å². The molecule has 29 heavy (non-hydrogen) atoms. The molecule has 1 aromatic carbocycles. The van der Waals surface area contributed by atoms with Crippen LogP contribution < -0.4 is 10.1 Å². The minimum Gasteiger partial charge on any atom is -0.489 e. The van der Waals surface area contributed by atoms with Gasteiger partial charge in [-0.2, -0.15) is 0 Å². The number of urea groups is 1. The zero-order valence-corrected chi connectivity index (χ0v) is 17.9. The number of carbonyl (C=O) groups excluding carboxylic acids is 1. The number of amides is 2. The largest absolute Gasteiger partial charge is 0.489 e. The van der Waals surface area contributed by atoms with Gasteiger partial charge in [-0.15, -0.1) is 11.3 Å². The second-order valence-electron chi connectivity index (χ2n) is 7.26. The lowest BCUT2D eigenvalue weighted by atomic mass is 10.1. The highest BCUT2D eigenvalue weighted by Gasteiger charge is 2.26. The minimum absolute atomic E-state index is 0.142. The Kier molecular flexibility index (Phi) is 7.69. The number of ether oxygens (including phenoxy) is 2. The Hall–Kier alpha value is -2.35. The van der Waals surface area contributed by atoms with Crippen molar-refractivity contribution in [2.24, 2.45) is 0 Å². The molecule has 1 aromatic heterocycles. The molecule has 0 bridgehead atoms. The predicted molar refractivity (Wildman–Crippen MR) is 118 cm³/mol. The third-order valence-electron chi connectivity index (χ3n) is 4.72. The zero-order chi connectivity index (χ0) is 20.6. The lowest BCUT2D eigenvalue weighted by molar-refractivity contribution is 0.0125. The van der Waals surface area contributed by atoms with Crippen molar-refractivity contribution in [3.63, 3.8) is 0 Å². The molecule has 6 nitrogen and oxygen atoms in total. The molecule has 1 aliphatic heterocycles. The first kappa shape index (κ1) is 21.4. The molecule has 1 atom stereocenters. The molecular formula is C22H29N3O3S. The molecule has 1 unspecified atom stereocenters. The Morgan fingerprint density at radius 1 is 1.34 bits per heavy atom. The maximum absolute atomic E-state index is 12.8. The van der Waals surface area contributed by atoms with Gasteiger partial charge in [0.15, 0.2) is 0 Å². The van der Waals surface area contributed by atoms with Crippen molar-refractivity contribution in [3.8, 4) is 5.75 Å². The van der Waals surface area contributed by atoms with Crippen LogP contribution in [0.15, 0.2) is 53.9 Å². The molecule has 0 aliphatic carbocycles. The van der Waals surface area contributed by atoms with E-state index >= 15 is 0 Å². The molecule has 2 amide bonds. The summed E-state index contributed by atoms with van der Waals surface area (Å²) in [4.78, 5) is 18.2. The predicted octanol–water partition coefficient (Wildman–Crippen LogP) is 4.24. The average Bonchev–Trinajstić information content (AvgIpc) is 3.25. The first-order valence-corrected chi connectivity index (χ1v) is 10.7. The number of carbonyl (C=O) groups is 1. The summed E-state index contributed by atoms with van der Waals surface area (Å²) < 4.78 is 11.2. The summed E-state index contributed by atoms with van der Waals surface area (Å²) in [5.41, 5.74) is 1.65. The monoisotopic (exact) mass is 415 g/mol. The molecular weight excluding hydrogens is 386 g/mol. The first-order chi connectivity index (χ1) is 14.0. The van der Waals surface area contributed by atoms with Crippen LogP contribution in [0.25, 0.3) is 0 Å². The number of benzene rings is 1. The fourth-order valence-electron chi connectivity index (χ4n) is 3.19. The van der Waals surface area contributed by atoms with Crippen molar-refractivity contribution in [3.05, 3.63) is 58.8 Å². The topological polar surface area (TPSA) is 54.0 Å². The van der Waals surface area contributed by atoms with Gasteiger partial charge >= 0.3 is 6.03 Å². The maximum Gasteiger partial charge on any atom is 0.321 e. The molecule has 0 saturated carbocycles. The van der Waals surface area contributed by atoms with Crippen LogP contribution >= 0.6 is 11.3 Å². The van der Waals surface area contributed by atoms with E-state index in [1.807, 2.05) is 38.2 Å². The number of likely N-dealkylation sites (N-methyl/N-ethyl adjacent to an activating group) is 1. The molecule has 1 N–H and O–H groups in total. The Bertz CT molecular complexity index is 803. The highest BCUT2D eigenvalue weighted by Crippen LogP contribution is 2.27. The van der Waals surface area contributed by atoms with Crippen molar-refractivity contribution in [1.82, 2.24) is 9.80 Å². The molecule has 0 radical (unpaired) electrons. The van der Waals surface area contributed by atoms with Crippen LogP contribution in [0.5, 0.6) is 5.75 Å². The van der Waals surface area contributed by atoms with Gasteiger partial charge in [0, 0.05) is 43.3 Å². The number of rotatable bonds is 8. The van der Waals surface area contributed by atoms with E-state index in [0.29, 0.717) is 24.6 Å². The molecule has 1 saturated heterocycles. The quantitative estimate of drug-likeness (QED) is 0.655. The lowest BCUT2D eigenvalue weighted by Crippen LogP contribution is -2.44. The number of nitrogens with one attached hydrogen (secondary N) is 1. The number of thiophene rings is 1. The average molecular weight is 416 g/mol. The number of hydrogen-bond donors (Lipinski definition) is 1. The Balaban J connectivity index is 1.62. The van der Waals surface area contributed by atoms with Crippen molar-refractivity contribution in [2.45, 2.75) is 13.0 Å². The van der Waals surface area contributed by atoms with Crippen LogP contribution in [0.4, 0.5) is 10.5 Å². The van der Waals surface area contributed by atoms with Crippen molar-refractivity contribution in [1.29, 1.82) is 0 Å². The normalized spacial score (nSPS) is 15.5. The van der Waals surface area contributed by atoms with Gasteiger partial charge in [0.05, 0.1) is 19.3 Å². The first-order valence-electron chi connectivity index (χ1n) is 9.77. The van der Waals surface area contributed by atoms with Gasteiger partial charge in [0.2, 0.25) is 0 Å². The molecule has 1 aliphatic rings. The van der Waals surface area contributed by atoms with Gasteiger partial charge < -0.3 is 19.7 Å². The van der Waals surface area contributed by atoms with Gasteiger partial charge in [0.1, 0.15) is 12.4 Å². The van der Waals surface area contributed by atoms with E-state index in [1.165, 1.54) is 4.88 Å².